The molecule has 2 aliphatic carbocycles. The van der Waals surface area contributed by atoms with Crippen molar-refractivity contribution in [2.24, 2.45) is 17.8 Å². The van der Waals surface area contributed by atoms with Crippen molar-refractivity contribution in [2.75, 3.05) is 11.1 Å². The Bertz CT molecular complexity index is 464. The van der Waals surface area contributed by atoms with Crippen molar-refractivity contribution in [3.63, 3.8) is 0 Å². The number of nitrogens with two attached hydrogens (primary N) is 1. The van der Waals surface area contributed by atoms with Crippen molar-refractivity contribution in [3.05, 3.63) is 24.0 Å². The Hall–Kier alpha value is -1.58. The van der Waals surface area contributed by atoms with Crippen molar-refractivity contribution in [1.29, 1.82) is 0 Å². The fourth-order valence-electron chi connectivity index (χ4n) is 2.79. The zero-order valence-electron chi connectivity index (χ0n) is 9.45. The highest BCUT2D eigenvalue weighted by molar-refractivity contribution is 5.93. The number of benzene rings is 1. The minimum Gasteiger partial charge on any atom is -0.396 e. The zero-order valence-corrected chi connectivity index (χ0v) is 9.45. The van der Waals surface area contributed by atoms with Gasteiger partial charge in [-0.05, 0) is 49.3 Å². The monoisotopic (exact) mass is 234 g/mol. The lowest BCUT2D eigenvalue weighted by Gasteiger charge is -2.12. The third-order valence-corrected chi connectivity index (χ3v) is 3.88. The summed E-state index contributed by atoms with van der Waals surface area (Å²) in [5, 5.41) is 2.81. The molecule has 0 bridgehead atoms. The SMILES string of the molecule is Nc1cc(NC(=O)C2CC3CC3C2)ccc1F. The van der Waals surface area contributed by atoms with Gasteiger partial charge >= 0.3 is 0 Å². The van der Waals surface area contributed by atoms with Gasteiger partial charge in [-0.2, -0.15) is 0 Å². The molecule has 3 N–H and O–H groups in total. The molecule has 1 amide bonds. The average molecular weight is 234 g/mol. The van der Waals surface area contributed by atoms with Crippen LogP contribution in [0, 0.1) is 23.6 Å². The first-order chi connectivity index (χ1) is 8.13. The van der Waals surface area contributed by atoms with Crippen LogP contribution in [0.25, 0.3) is 0 Å². The third kappa shape index (κ3) is 1.99. The number of anilines is 2. The van der Waals surface area contributed by atoms with Crippen LogP contribution in [0.4, 0.5) is 15.8 Å². The van der Waals surface area contributed by atoms with Crippen LogP contribution in [0.1, 0.15) is 19.3 Å². The molecule has 0 aliphatic heterocycles. The highest BCUT2D eigenvalue weighted by Gasteiger charge is 2.47. The number of hydrogen-bond donors (Lipinski definition) is 2. The van der Waals surface area contributed by atoms with E-state index in [0.29, 0.717) is 5.69 Å². The van der Waals surface area contributed by atoms with Gasteiger partial charge in [-0.25, -0.2) is 4.39 Å². The van der Waals surface area contributed by atoms with Crippen LogP contribution >= 0.6 is 0 Å². The van der Waals surface area contributed by atoms with Crippen LogP contribution in [0.15, 0.2) is 18.2 Å². The Balaban J connectivity index is 1.65. The minimum absolute atomic E-state index is 0.0446. The summed E-state index contributed by atoms with van der Waals surface area (Å²) in [7, 11) is 0. The Morgan fingerprint density at radius 1 is 1.29 bits per heavy atom. The maximum atomic E-state index is 13.0. The summed E-state index contributed by atoms with van der Waals surface area (Å²) >= 11 is 0. The topological polar surface area (TPSA) is 55.1 Å². The van der Waals surface area contributed by atoms with Gasteiger partial charge in [0.2, 0.25) is 5.91 Å². The summed E-state index contributed by atoms with van der Waals surface area (Å²) in [5.41, 5.74) is 6.10. The number of nitrogens with one attached hydrogen (secondary N) is 1. The van der Waals surface area contributed by atoms with Gasteiger partial charge in [0.15, 0.2) is 0 Å². The first-order valence-electron chi connectivity index (χ1n) is 5.99. The highest BCUT2D eigenvalue weighted by atomic mass is 19.1. The molecule has 3 rings (SSSR count). The smallest absolute Gasteiger partial charge is 0.227 e. The standard InChI is InChI=1S/C13H15FN2O/c14-11-2-1-10(6-12(11)15)16-13(17)9-4-7-3-8(7)5-9/h1-2,6-9H,3-5,15H2,(H,16,17). The lowest BCUT2D eigenvalue weighted by molar-refractivity contribution is -0.120. The Labute approximate surface area is 99.2 Å². The fraction of sp³-hybridized carbons (Fsp3) is 0.462. The summed E-state index contributed by atoms with van der Waals surface area (Å²) in [6.07, 6.45) is 3.31. The maximum Gasteiger partial charge on any atom is 0.227 e. The van der Waals surface area contributed by atoms with Crippen molar-refractivity contribution in [1.82, 2.24) is 0 Å². The summed E-state index contributed by atoms with van der Waals surface area (Å²) in [6, 6.07) is 4.28. The Kier molecular flexibility index (Phi) is 2.31. The lowest BCUT2D eigenvalue weighted by Crippen LogP contribution is -2.21. The van der Waals surface area contributed by atoms with Gasteiger partial charge < -0.3 is 11.1 Å². The molecule has 2 unspecified atom stereocenters. The Morgan fingerprint density at radius 2 is 2.00 bits per heavy atom. The predicted octanol–water partition coefficient (Wildman–Crippen LogP) is 2.39. The Morgan fingerprint density at radius 3 is 2.65 bits per heavy atom. The van der Waals surface area contributed by atoms with Crippen molar-refractivity contribution >= 4 is 17.3 Å². The van der Waals surface area contributed by atoms with E-state index in [1.807, 2.05) is 0 Å². The van der Waals surface area contributed by atoms with Crippen LogP contribution in [-0.4, -0.2) is 5.91 Å². The van der Waals surface area contributed by atoms with E-state index in [1.165, 1.54) is 18.6 Å². The van der Waals surface area contributed by atoms with Gasteiger partial charge in [0.05, 0.1) is 5.69 Å². The molecule has 4 heteroatoms. The van der Waals surface area contributed by atoms with E-state index in [2.05, 4.69) is 5.32 Å². The molecule has 90 valence electrons. The quantitative estimate of drug-likeness (QED) is 0.772. The van der Waals surface area contributed by atoms with Crippen LogP contribution < -0.4 is 11.1 Å². The maximum absolute atomic E-state index is 13.0. The largest absolute Gasteiger partial charge is 0.396 e. The van der Waals surface area contributed by atoms with E-state index in [1.54, 1.807) is 6.07 Å². The molecular weight excluding hydrogens is 219 g/mol. The van der Waals surface area contributed by atoms with Crippen molar-refractivity contribution < 1.29 is 9.18 Å². The molecule has 2 aliphatic rings. The predicted molar refractivity (Wildman–Crippen MR) is 63.8 cm³/mol. The van der Waals surface area contributed by atoms with E-state index in [9.17, 15) is 9.18 Å². The molecule has 1 aromatic carbocycles. The fourth-order valence-corrected chi connectivity index (χ4v) is 2.79. The van der Waals surface area contributed by atoms with Gasteiger partial charge in [-0.15, -0.1) is 0 Å². The molecule has 3 nitrogen and oxygen atoms in total. The van der Waals surface area contributed by atoms with E-state index in [-0.39, 0.29) is 17.5 Å². The van der Waals surface area contributed by atoms with Gasteiger partial charge in [-0.1, -0.05) is 0 Å². The van der Waals surface area contributed by atoms with Gasteiger partial charge in [-0.3, -0.25) is 4.79 Å². The number of nitrogen functional groups attached to an aromatic ring is 1. The van der Waals surface area contributed by atoms with E-state index in [0.717, 1.165) is 24.7 Å². The second-order valence-electron chi connectivity index (χ2n) is 5.15. The minimum atomic E-state index is -0.454. The first kappa shape index (κ1) is 10.6. The number of carbonyl (C=O) groups is 1. The summed E-state index contributed by atoms with van der Waals surface area (Å²) in [6.45, 7) is 0. The third-order valence-electron chi connectivity index (χ3n) is 3.88. The van der Waals surface area contributed by atoms with Gasteiger partial charge in [0.25, 0.3) is 0 Å². The number of fused-ring (bicyclic) bond motifs is 1. The summed E-state index contributed by atoms with van der Waals surface area (Å²) < 4.78 is 13.0. The molecule has 0 aromatic heterocycles. The molecule has 2 atom stereocenters. The summed E-state index contributed by atoms with van der Waals surface area (Å²) in [5.74, 6) is 1.28. The van der Waals surface area contributed by atoms with E-state index < -0.39 is 5.82 Å². The van der Waals surface area contributed by atoms with Crippen molar-refractivity contribution in [3.8, 4) is 0 Å². The van der Waals surface area contributed by atoms with Crippen LogP contribution in [0.5, 0.6) is 0 Å². The molecule has 0 saturated heterocycles. The molecule has 2 saturated carbocycles. The van der Waals surface area contributed by atoms with Crippen LogP contribution in [0.2, 0.25) is 0 Å². The van der Waals surface area contributed by atoms with E-state index >= 15 is 0 Å². The molecule has 2 fully saturated rings. The molecular formula is C13H15FN2O. The van der Waals surface area contributed by atoms with Crippen molar-refractivity contribution in [2.45, 2.75) is 19.3 Å². The summed E-state index contributed by atoms with van der Waals surface area (Å²) in [4.78, 5) is 11.9. The first-order valence-corrected chi connectivity index (χ1v) is 5.99. The molecule has 17 heavy (non-hydrogen) atoms. The average Bonchev–Trinajstić information content (AvgIpc) is 2.91. The van der Waals surface area contributed by atoms with Crippen LogP contribution in [0.3, 0.4) is 0 Å². The zero-order chi connectivity index (χ0) is 12.0. The lowest BCUT2D eigenvalue weighted by atomic mass is 10.0. The van der Waals surface area contributed by atoms with Crippen LogP contribution in [-0.2, 0) is 4.79 Å². The van der Waals surface area contributed by atoms with E-state index in [4.69, 9.17) is 5.73 Å². The second-order valence-corrected chi connectivity index (χ2v) is 5.15. The number of amides is 1. The second kappa shape index (κ2) is 3.72. The number of carbonyl (C=O) groups excluding carboxylic acids is 1. The molecule has 0 heterocycles. The van der Waals surface area contributed by atoms with Gasteiger partial charge in [0, 0.05) is 11.6 Å². The van der Waals surface area contributed by atoms with Gasteiger partial charge in [0.1, 0.15) is 5.82 Å². The molecule has 1 aromatic rings. The number of halogens is 1. The highest BCUT2D eigenvalue weighted by Crippen LogP contribution is 2.54. The number of hydrogen-bond acceptors (Lipinski definition) is 2. The molecule has 0 radical (unpaired) electrons. The normalized spacial score (nSPS) is 29.8. The molecule has 0 spiro atoms. The number of rotatable bonds is 2.